The number of rotatable bonds is 3. The van der Waals surface area contributed by atoms with Crippen molar-refractivity contribution in [3.8, 4) is 5.75 Å². The minimum absolute atomic E-state index is 0.0596. The van der Waals surface area contributed by atoms with Crippen LogP contribution in [0.25, 0.3) is 0 Å². The van der Waals surface area contributed by atoms with E-state index in [0.29, 0.717) is 16.3 Å². The molecule has 3 nitrogen and oxygen atoms in total. The van der Waals surface area contributed by atoms with Crippen molar-refractivity contribution >= 4 is 25.9 Å². The van der Waals surface area contributed by atoms with Crippen molar-refractivity contribution in [1.29, 1.82) is 0 Å². The van der Waals surface area contributed by atoms with E-state index in [1.165, 1.54) is 7.11 Å². The van der Waals surface area contributed by atoms with Crippen LogP contribution in [0.15, 0.2) is 12.1 Å². The van der Waals surface area contributed by atoms with E-state index in [1.807, 2.05) is 6.92 Å². The van der Waals surface area contributed by atoms with Crippen molar-refractivity contribution in [3.63, 3.8) is 0 Å². The van der Waals surface area contributed by atoms with Crippen LogP contribution >= 0.6 is 11.6 Å². The zero-order valence-corrected chi connectivity index (χ0v) is 15.0. The minimum Gasteiger partial charge on any atom is -0.542 e. The van der Waals surface area contributed by atoms with Crippen LogP contribution in [0.2, 0.25) is 23.2 Å². The van der Waals surface area contributed by atoms with Crippen LogP contribution in [-0.4, -0.2) is 21.4 Å². The molecule has 0 atom stereocenters. The summed E-state index contributed by atoms with van der Waals surface area (Å²) in [6, 6.07) is 3.35. The Kier molecular flexibility index (Phi) is 4.93. The molecule has 0 fully saturated rings. The van der Waals surface area contributed by atoms with Gasteiger partial charge in [-0.25, -0.2) is 4.79 Å². The highest BCUT2D eigenvalue weighted by Gasteiger charge is 2.39. The van der Waals surface area contributed by atoms with E-state index < -0.39 is 8.32 Å². The Hall–Kier alpha value is -1.00. The van der Waals surface area contributed by atoms with E-state index in [1.54, 1.807) is 12.1 Å². The molecule has 1 aromatic carbocycles. The number of carbonyl (C=O) groups is 1. The molecule has 0 heterocycles. The lowest BCUT2D eigenvalue weighted by Gasteiger charge is -2.37. The van der Waals surface area contributed by atoms with E-state index in [9.17, 15) is 4.79 Å². The highest BCUT2D eigenvalue weighted by molar-refractivity contribution is 6.74. The first-order valence-corrected chi connectivity index (χ1v) is 9.86. The molecule has 0 aliphatic heterocycles. The third kappa shape index (κ3) is 3.36. The number of benzene rings is 1. The summed E-state index contributed by atoms with van der Waals surface area (Å²) in [5.74, 6) is 0.223. The van der Waals surface area contributed by atoms with Gasteiger partial charge in [0.05, 0.1) is 17.7 Å². The molecular formula is C15H23ClO3Si. The van der Waals surface area contributed by atoms with E-state index in [-0.39, 0.29) is 11.0 Å². The molecule has 0 amide bonds. The van der Waals surface area contributed by atoms with Gasteiger partial charge < -0.3 is 9.16 Å². The van der Waals surface area contributed by atoms with Crippen molar-refractivity contribution < 1.29 is 14.0 Å². The summed E-state index contributed by atoms with van der Waals surface area (Å²) in [6.07, 6.45) is 0. The van der Waals surface area contributed by atoms with Gasteiger partial charge in [0.2, 0.25) is 0 Å². The van der Waals surface area contributed by atoms with Gasteiger partial charge in [-0.05, 0) is 37.2 Å². The molecule has 0 spiro atoms. The summed E-state index contributed by atoms with van der Waals surface area (Å²) in [5, 5.41) is 0.587. The van der Waals surface area contributed by atoms with Gasteiger partial charge in [0.15, 0.2) is 0 Å². The maximum atomic E-state index is 11.8. The standard InChI is InChI=1S/C15H23ClO3Si/c1-10-11(14(17)18-5)8-9-12(16)13(10)19-20(6,7)15(2,3)4/h8-9H,1-7H3. The van der Waals surface area contributed by atoms with E-state index >= 15 is 0 Å². The minimum atomic E-state index is -2.01. The fourth-order valence-corrected chi connectivity index (χ4v) is 2.91. The first-order valence-electron chi connectivity index (χ1n) is 6.57. The van der Waals surface area contributed by atoms with Gasteiger partial charge >= 0.3 is 5.97 Å². The predicted octanol–water partition coefficient (Wildman–Crippen LogP) is 4.82. The lowest BCUT2D eigenvalue weighted by atomic mass is 10.1. The third-order valence-electron chi connectivity index (χ3n) is 3.93. The van der Waals surface area contributed by atoms with Crippen LogP contribution in [-0.2, 0) is 4.74 Å². The second-order valence-electron chi connectivity index (χ2n) is 6.40. The average molecular weight is 315 g/mol. The fraction of sp³-hybridized carbons (Fsp3) is 0.533. The van der Waals surface area contributed by atoms with Gasteiger partial charge in [0.1, 0.15) is 5.75 Å². The molecule has 0 unspecified atom stereocenters. The monoisotopic (exact) mass is 314 g/mol. The highest BCUT2D eigenvalue weighted by Crippen LogP contribution is 2.41. The molecule has 0 bridgehead atoms. The quantitative estimate of drug-likeness (QED) is 0.592. The summed E-state index contributed by atoms with van der Waals surface area (Å²) < 4.78 is 11.0. The van der Waals surface area contributed by atoms with Gasteiger partial charge in [-0.3, -0.25) is 0 Å². The smallest absolute Gasteiger partial charge is 0.338 e. The summed E-state index contributed by atoms with van der Waals surface area (Å²) >= 11 is 6.25. The Bertz CT molecular complexity index is 519. The number of methoxy groups -OCH3 is 1. The average Bonchev–Trinajstić information content (AvgIpc) is 2.32. The molecule has 1 rings (SSSR count). The van der Waals surface area contributed by atoms with Crippen LogP contribution < -0.4 is 4.43 Å². The van der Waals surface area contributed by atoms with Gasteiger partial charge in [-0.15, -0.1) is 0 Å². The van der Waals surface area contributed by atoms with Crippen LogP contribution in [0.1, 0.15) is 36.7 Å². The molecule has 0 aliphatic rings. The number of ether oxygens (including phenoxy) is 1. The predicted molar refractivity (Wildman–Crippen MR) is 85.4 cm³/mol. The zero-order chi connectivity index (χ0) is 15.7. The Morgan fingerprint density at radius 1 is 1.25 bits per heavy atom. The molecule has 0 aromatic heterocycles. The number of esters is 1. The molecule has 0 radical (unpaired) electrons. The zero-order valence-electron chi connectivity index (χ0n) is 13.3. The van der Waals surface area contributed by atoms with Crippen molar-refractivity contribution in [3.05, 3.63) is 28.3 Å². The van der Waals surface area contributed by atoms with E-state index in [0.717, 1.165) is 5.56 Å². The number of carbonyl (C=O) groups excluding carboxylic acids is 1. The maximum absolute atomic E-state index is 11.8. The molecule has 0 N–H and O–H groups in total. The Morgan fingerprint density at radius 3 is 2.25 bits per heavy atom. The second-order valence-corrected chi connectivity index (χ2v) is 11.5. The Labute approximate surface area is 127 Å². The SMILES string of the molecule is COC(=O)c1ccc(Cl)c(O[Si](C)(C)C(C)(C)C)c1C. The molecule has 0 saturated carbocycles. The molecule has 20 heavy (non-hydrogen) atoms. The van der Waals surface area contributed by atoms with Gasteiger partial charge in [0.25, 0.3) is 8.32 Å². The van der Waals surface area contributed by atoms with Gasteiger partial charge in [-0.1, -0.05) is 32.4 Å². The summed E-state index contributed by atoms with van der Waals surface area (Å²) in [5.41, 5.74) is 1.22. The summed E-state index contributed by atoms with van der Waals surface area (Å²) in [4.78, 5) is 11.8. The van der Waals surface area contributed by atoms with Crippen molar-refractivity contribution in [2.75, 3.05) is 7.11 Å². The molecule has 1 aromatic rings. The lowest BCUT2D eigenvalue weighted by Crippen LogP contribution is -2.44. The Morgan fingerprint density at radius 2 is 1.80 bits per heavy atom. The highest BCUT2D eigenvalue weighted by atomic mass is 35.5. The van der Waals surface area contributed by atoms with Crippen LogP contribution in [0.4, 0.5) is 0 Å². The van der Waals surface area contributed by atoms with E-state index in [4.69, 9.17) is 20.8 Å². The first kappa shape index (κ1) is 17.0. The second kappa shape index (κ2) is 5.78. The lowest BCUT2D eigenvalue weighted by molar-refractivity contribution is 0.0599. The van der Waals surface area contributed by atoms with Crippen molar-refractivity contribution in [2.24, 2.45) is 0 Å². The van der Waals surface area contributed by atoms with Crippen LogP contribution in [0, 0.1) is 6.92 Å². The normalized spacial score (nSPS) is 12.2. The molecule has 0 saturated heterocycles. The first-order chi connectivity index (χ1) is 9.01. The third-order valence-corrected chi connectivity index (χ3v) is 8.55. The van der Waals surface area contributed by atoms with Crippen molar-refractivity contribution in [1.82, 2.24) is 0 Å². The van der Waals surface area contributed by atoms with Gasteiger partial charge in [-0.2, -0.15) is 0 Å². The van der Waals surface area contributed by atoms with Crippen molar-refractivity contribution in [2.45, 2.75) is 45.8 Å². The molecular weight excluding hydrogens is 292 g/mol. The van der Waals surface area contributed by atoms with Crippen LogP contribution in [0.5, 0.6) is 5.75 Å². The summed E-state index contributed by atoms with van der Waals surface area (Å²) in [7, 11) is -0.647. The van der Waals surface area contributed by atoms with Gasteiger partial charge in [0, 0.05) is 5.56 Å². The number of hydrogen-bond donors (Lipinski definition) is 0. The molecule has 5 heteroatoms. The number of halogens is 1. The Balaban J connectivity index is 3.29. The topological polar surface area (TPSA) is 35.5 Å². The summed E-state index contributed by atoms with van der Waals surface area (Å²) in [6.45, 7) is 12.6. The van der Waals surface area contributed by atoms with E-state index in [2.05, 4.69) is 33.9 Å². The van der Waals surface area contributed by atoms with Crippen LogP contribution in [0.3, 0.4) is 0 Å². The molecule has 0 aliphatic carbocycles. The fourth-order valence-electron chi connectivity index (χ4n) is 1.52. The largest absolute Gasteiger partial charge is 0.542 e. The number of hydrogen-bond acceptors (Lipinski definition) is 3. The maximum Gasteiger partial charge on any atom is 0.338 e. The molecule has 112 valence electrons.